The molecule has 1 heterocycles. The first-order chi connectivity index (χ1) is 11.8. The highest BCUT2D eigenvalue weighted by molar-refractivity contribution is 6.29. The Balaban J connectivity index is 2.05. The predicted octanol–water partition coefficient (Wildman–Crippen LogP) is 2.12. The molecule has 0 spiro atoms. The van der Waals surface area contributed by atoms with Gasteiger partial charge in [0, 0.05) is 23.9 Å². The number of rotatable bonds is 5. The molecule has 0 radical (unpaired) electrons. The van der Waals surface area contributed by atoms with Crippen LogP contribution in [0.3, 0.4) is 0 Å². The maximum absolute atomic E-state index is 12.0. The minimum absolute atomic E-state index is 0.0480. The van der Waals surface area contributed by atoms with Crippen LogP contribution in [0.4, 0.5) is 11.4 Å². The highest BCUT2D eigenvalue weighted by Gasteiger charge is 2.20. The van der Waals surface area contributed by atoms with E-state index in [2.05, 4.69) is 10.3 Å². The van der Waals surface area contributed by atoms with E-state index in [1.165, 1.54) is 37.3 Å². The number of aromatic amines is 1. The lowest BCUT2D eigenvalue weighted by Crippen LogP contribution is -2.30. The van der Waals surface area contributed by atoms with Gasteiger partial charge in [0.25, 0.3) is 11.6 Å². The number of hydrogen-bond donors (Lipinski definition) is 2. The number of nitrogens with one attached hydrogen (secondary N) is 2. The van der Waals surface area contributed by atoms with Gasteiger partial charge in [-0.25, -0.2) is 4.79 Å². The van der Waals surface area contributed by atoms with Crippen molar-refractivity contribution in [1.29, 1.82) is 0 Å². The van der Waals surface area contributed by atoms with Crippen LogP contribution in [0.2, 0.25) is 5.15 Å². The normalized spacial score (nSPS) is 11.4. The smallest absolute Gasteiger partial charge is 0.339 e. The second-order valence-corrected chi connectivity index (χ2v) is 5.33. The van der Waals surface area contributed by atoms with E-state index < -0.39 is 28.5 Å². The Kier molecular flexibility index (Phi) is 5.50. The van der Waals surface area contributed by atoms with Gasteiger partial charge in [-0.3, -0.25) is 19.7 Å². The van der Waals surface area contributed by atoms with E-state index >= 15 is 0 Å². The van der Waals surface area contributed by atoms with Crippen molar-refractivity contribution < 1.29 is 19.2 Å². The van der Waals surface area contributed by atoms with Crippen LogP contribution < -0.4 is 10.9 Å². The number of carbonyl (C=O) groups is 2. The van der Waals surface area contributed by atoms with Crippen LogP contribution in [0.1, 0.15) is 17.3 Å². The second kappa shape index (κ2) is 7.58. The van der Waals surface area contributed by atoms with Gasteiger partial charge in [-0.15, -0.1) is 0 Å². The Bertz CT molecular complexity index is 895. The van der Waals surface area contributed by atoms with E-state index in [1.54, 1.807) is 0 Å². The summed E-state index contributed by atoms with van der Waals surface area (Å²) in [6.45, 7) is 1.32. The number of anilines is 1. The molecule has 25 heavy (non-hydrogen) atoms. The van der Waals surface area contributed by atoms with Crippen LogP contribution in [0.15, 0.2) is 41.2 Å². The van der Waals surface area contributed by atoms with Crippen molar-refractivity contribution >= 4 is 34.9 Å². The van der Waals surface area contributed by atoms with E-state index in [9.17, 15) is 24.5 Å². The summed E-state index contributed by atoms with van der Waals surface area (Å²) in [5.74, 6) is -1.60. The second-order valence-electron chi connectivity index (χ2n) is 4.93. The first-order valence-electron chi connectivity index (χ1n) is 6.92. The Labute approximate surface area is 145 Å². The van der Waals surface area contributed by atoms with Crippen molar-refractivity contribution in [3.63, 3.8) is 0 Å². The van der Waals surface area contributed by atoms with Gasteiger partial charge in [-0.05, 0) is 19.1 Å². The molecule has 10 heteroatoms. The van der Waals surface area contributed by atoms with Crippen molar-refractivity contribution in [3.05, 3.63) is 67.6 Å². The summed E-state index contributed by atoms with van der Waals surface area (Å²) in [6.07, 6.45) is -1.20. The van der Waals surface area contributed by atoms with Gasteiger partial charge in [0.05, 0.1) is 10.5 Å². The minimum atomic E-state index is -1.20. The van der Waals surface area contributed by atoms with Crippen LogP contribution in [0.5, 0.6) is 0 Å². The fraction of sp³-hybridized carbons (Fsp3) is 0.133. The topological polar surface area (TPSA) is 131 Å². The predicted molar refractivity (Wildman–Crippen MR) is 88.7 cm³/mol. The molecule has 1 aromatic heterocycles. The lowest BCUT2D eigenvalue weighted by atomic mass is 10.2. The Morgan fingerprint density at radius 2 is 2.04 bits per heavy atom. The van der Waals surface area contributed by atoms with Crippen molar-refractivity contribution in [2.45, 2.75) is 13.0 Å². The van der Waals surface area contributed by atoms with Gasteiger partial charge in [-0.1, -0.05) is 17.7 Å². The van der Waals surface area contributed by atoms with E-state index in [1.807, 2.05) is 0 Å². The zero-order valence-corrected chi connectivity index (χ0v) is 13.6. The van der Waals surface area contributed by atoms with E-state index in [0.717, 1.165) is 6.07 Å². The largest absolute Gasteiger partial charge is 0.449 e. The minimum Gasteiger partial charge on any atom is -0.449 e. The van der Waals surface area contributed by atoms with Crippen molar-refractivity contribution in [3.8, 4) is 0 Å². The first kappa shape index (κ1) is 18.1. The molecule has 0 aliphatic carbocycles. The third-order valence-electron chi connectivity index (χ3n) is 3.02. The van der Waals surface area contributed by atoms with Gasteiger partial charge >= 0.3 is 5.97 Å². The number of halogens is 1. The SMILES string of the molecule is C[C@H](OC(=O)c1cc(Cl)[nH]c(=O)c1)C(=O)Nc1cccc([N+](=O)[O-])c1. The molecule has 1 amide bonds. The summed E-state index contributed by atoms with van der Waals surface area (Å²) in [7, 11) is 0. The highest BCUT2D eigenvalue weighted by atomic mass is 35.5. The number of benzene rings is 1. The van der Waals surface area contributed by atoms with Gasteiger partial charge in [0.15, 0.2) is 6.10 Å². The van der Waals surface area contributed by atoms with Gasteiger partial charge in [-0.2, -0.15) is 0 Å². The zero-order valence-electron chi connectivity index (χ0n) is 12.8. The number of carbonyl (C=O) groups excluding carboxylic acids is 2. The van der Waals surface area contributed by atoms with Crippen molar-refractivity contribution in [2.75, 3.05) is 5.32 Å². The van der Waals surface area contributed by atoms with Gasteiger partial charge in [0.1, 0.15) is 5.15 Å². The summed E-state index contributed by atoms with van der Waals surface area (Å²) in [5, 5.41) is 13.1. The molecule has 0 aliphatic rings. The van der Waals surface area contributed by atoms with Crippen LogP contribution in [0, 0.1) is 10.1 Å². The van der Waals surface area contributed by atoms with Crippen molar-refractivity contribution in [2.24, 2.45) is 0 Å². The van der Waals surface area contributed by atoms with E-state index in [0.29, 0.717) is 0 Å². The molecule has 2 aromatic rings. The molecular weight excluding hydrogens is 354 g/mol. The monoisotopic (exact) mass is 365 g/mol. The molecule has 1 atom stereocenters. The quantitative estimate of drug-likeness (QED) is 0.361. The Morgan fingerprint density at radius 1 is 1.32 bits per heavy atom. The molecule has 130 valence electrons. The average molecular weight is 366 g/mol. The third kappa shape index (κ3) is 4.88. The molecule has 0 fully saturated rings. The maximum Gasteiger partial charge on any atom is 0.339 e. The number of hydrogen-bond acceptors (Lipinski definition) is 6. The molecule has 0 unspecified atom stereocenters. The van der Waals surface area contributed by atoms with E-state index in [-0.39, 0.29) is 22.1 Å². The van der Waals surface area contributed by atoms with Crippen LogP contribution in [-0.4, -0.2) is 27.9 Å². The van der Waals surface area contributed by atoms with Crippen LogP contribution >= 0.6 is 11.6 Å². The number of ether oxygens (including phenoxy) is 1. The van der Waals surface area contributed by atoms with Crippen molar-refractivity contribution in [1.82, 2.24) is 4.98 Å². The number of nitro groups is 1. The zero-order chi connectivity index (χ0) is 18.6. The van der Waals surface area contributed by atoms with Crippen LogP contribution in [-0.2, 0) is 9.53 Å². The fourth-order valence-corrected chi connectivity index (χ4v) is 2.06. The molecule has 1 aromatic carbocycles. The fourth-order valence-electron chi connectivity index (χ4n) is 1.85. The Morgan fingerprint density at radius 3 is 2.68 bits per heavy atom. The van der Waals surface area contributed by atoms with Crippen LogP contribution in [0.25, 0.3) is 0 Å². The number of non-ortho nitro benzene ring substituents is 1. The summed E-state index contributed by atoms with van der Waals surface area (Å²) in [6, 6.07) is 7.48. The molecule has 2 rings (SSSR count). The number of aromatic nitrogens is 1. The number of pyridine rings is 1. The lowest BCUT2D eigenvalue weighted by molar-refractivity contribution is -0.384. The molecule has 0 bridgehead atoms. The molecule has 0 saturated heterocycles. The lowest BCUT2D eigenvalue weighted by Gasteiger charge is -2.13. The van der Waals surface area contributed by atoms with Gasteiger partial charge < -0.3 is 15.0 Å². The maximum atomic E-state index is 12.0. The number of amides is 1. The number of esters is 1. The molecular formula is C15H12ClN3O6. The average Bonchev–Trinajstić information content (AvgIpc) is 2.54. The number of H-pyrrole nitrogens is 1. The number of nitro benzene ring substituents is 1. The third-order valence-corrected chi connectivity index (χ3v) is 3.23. The summed E-state index contributed by atoms with van der Waals surface area (Å²) in [4.78, 5) is 47.6. The molecule has 0 aliphatic heterocycles. The standard InChI is InChI=1S/C15H12ClN3O6/c1-8(25-15(22)9-5-12(16)18-13(20)6-9)14(21)17-10-3-2-4-11(7-10)19(23)24/h2-8H,1H3,(H,17,21)(H,18,20)/t8-/m0/s1. The van der Waals surface area contributed by atoms with Gasteiger partial charge in [0.2, 0.25) is 5.56 Å². The summed E-state index contributed by atoms with van der Waals surface area (Å²) < 4.78 is 4.96. The summed E-state index contributed by atoms with van der Waals surface area (Å²) >= 11 is 5.64. The molecule has 2 N–H and O–H groups in total. The Hall–Kier alpha value is -3.20. The first-order valence-corrected chi connectivity index (χ1v) is 7.30. The van der Waals surface area contributed by atoms with E-state index in [4.69, 9.17) is 16.3 Å². The molecule has 0 saturated carbocycles. The summed E-state index contributed by atoms with van der Waals surface area (Å²) in [5.41, 5.74) is -0.709. The number of nitrogens with zero attached hydrogens (tertiary/aromatic N) is 1. The highest BCUT2D eigenvalue weighted by Crippen LogP contribution is 2.17. The molecule has 9 nitrogen and oxygen atoms in total.